The highest BCUT2D eigenvalue weighted by Crippen LogP contribution is 2.20. The maximum atomic E-state index is 10.8. The van der Waals surface area contributed by atoms with Crippen LogP contribution >= 0.6 is 0 Å². The molecule has 0 saturated carbocycles. The Labute approximate surface area is 81.4 Å². The van der Waals surface area contributed by atoms with Gasteiger partial charge in [-0.3, -0.25) is 4.79 Å². The van der Waals surface area contributed by atoms with Gasteiger partial charge in [-0.25, -0.2) is 0 Å². The number of rotatable bonds is 4. The summed E-state index contributed by atoms with van der Waals surface area (Å²) in [5.41, 5.74) is 0.577. The van der Waals surface area contributed by atoms with Crippen molar-refractivity contribution in [2.75, 3.05) is 0 Å². The third-order valence-electron chi connectivity index (χ3n) is 1.95. The SMILES string of the molecule is O=C(O)C(CC(O)O)c1ccccc1. The summed E-state index contributed by atoms with van der Waals surface area (Å²) in [4.78, 5) is 10.8. The van der Waals surface area contributed by atoms with Gasteiger partial charge in [-0.1, -0.05) is 30.3 Å². The zero-order valence-electron chi connectivity index (χ0n) is 7.50. The number of hydrogen-bond acceptors (Lipinski definition) is 3. The summed E-state index contributed by atoms with van der Waals surface area (Å²) in [5.74, 6) is -1.92. The molecule has 0 amide bonds. The van der Waals surface area contributed by atoms with Gasteiger partial charge in [0.1, 0.15) is 0 Å². The van der Waals surface area contributed by atoms with Gasteiger partial charge < -0.3 is 15.3 Å². The Balaban J connectivity index is 2.84. The average molecular weight is 196 g/mol. The van der Waals surface area contributed by atoms with Crippen molar-refractivity contribution >= 4 is 5.97 Å². The largest absolute Gasteiger partial charge is 0.481 e. The van der Waals surface area contributed by atoms with Crippen LogP contribution in [0.15, 0.2) is 30.3 Å². The van der Waals surface area contributed by atoms with E-state index in [0.717, 1.165) is 0 Å². The third kappa shape index (κ3) is 2.83. The van der Waals surface area contributed by atoms with Crippen LogP contribution in [0.5, 0.6) is 0 Å². The molecule has 76 valence electrons. The molecule has 0 radical (unpaired) electrons. The number of carboxylic acids is 1. The predicted octanol–water partition coefficient (Wildman–Crippen LogP) is 0.556. The van der Waals surface area contributed by atoms with Crippen molar-refractivity contribution in [2.24, 2.45) is 0 Å². The van der Waals surface area contributed by atoms with E-state index in [0.29, 0.717) is 5.56 Å². The molecule has 0 spiro atoms. The number of aliphatic hydroxyl groups excluding tert-OH is 1. The van der Waals surface area contributed by atoms with Gasteiger partial charge in [-0.2, -0.15) is 0 Å². The van der Waals surface area contributed by atoms with Crippen LogP contribution in [-0.4, -0.2) is 27.6 Å². The van der Waals surface area contributed by atoms with Gasteiger partial charge in [0.2, 0.25) is 0 Å². The normalized spacial score (nSPS) is 12.8. The van der Waals surface area contributed by atoms with Gasteiger partial charge in [0, 0.05) is 6.42 Å². The molecule has 3 N–H and O–H groups in total. The molecule has 0 fully saturated rings. The van der Waals surface area contributed by atoms with Gasteiger partial charge in [0.15, 0.2) is 6.29 Å². The number of benzene rings is 1. The molecule has 1 rings (SSSR count). The van der Waals surface area contributed by atoms with Crippen molar-refractivity contribution < 1.29 is 20.1 Å². The van der Waals surface area contributed by atoms with Crippen LogP contribution in [0.3, 0.4) is 0 Å². The Kier molecular flexibility index (Phi) is 3.62. The molecule has 1 unspecified atom stereocenters. The van der Waals surface area contributed by atoms with Crippen molar-refractivity contribution in [3.8, 4) is 0 Å². The highest BCUT2D eigenvalue weighted by Gasteiger charge is 2.21. The zero-order valence-corrected chi connectivity index (χ0v) is 7.50. The van der Waals surface area contributed by atoms with Crippen molar-refractivity contribution in [1.82, 2.24) is 0 Å². The fourth-order valence-electron chi connectivity index (χ4n) is 1.28. The van der Waals surface area contributed by atoms with Gasteiger partial charge in [0.05, 0.1) is 5.92 Å². The molecule has 4 heteroatoms. The lowest BCUT2D eigenvalue weighted by Gasteiger charge is -2.13. The van der Waals surface area contributed by atoms with Crippen LogP contribution in [0.4, 0.5) is 0 Å². The standard InChI is InChI=1S/C10H12O4/c11-9(12)6-8(10(13)14)7-4-2-1-3-5-7/h1-5,8-9,11-12H,6H2,(H,13,14). The monoisotopic (exact) mass is 196 g/mol. The minimum Gasteiger partial charge on any atom is -0.481 e. The topological polar surface area (TPSA) is 77.8 Å². The molecule has 0 heterocycles. The molecule has 0 aliphatic heterocycles. The quantitative estimate of drug-likeness (QED) is 0.615. The van der Waals surface area contributed by atoms with Gasteiger partial charge in [0.25, 0.3) is 0 Å². The Bertz CT molecular complexity index is 294. The first-order chi connectivity index (χ1) is 6.61. The van der Waals surface area contributed by atoms with Gasteiger partial charge in [-0.15, -0.1) is 0 Å². The van der Waals surface area contributed by atoms with Gasteiger partial charge >= 0.3 is 5.97 Å². The lowest BCUT2D eigenvalue weighted by atomic mass is 9.96. The molecular weight excluding hydrogens is 184 g/mol. The molecule has 14 heavy (non-hydrogen) atoms. The second kappa shape index (κ2) is 4.74. The number of aliphatic carboxylic acids is 1. The van der Waals surface area contributed by atoms with E-state index in [1.807, 2.05) is 0 Å². The predicted molar refractivity (Wildman–Crippen MR) is 49.7 cm³/mol. The number of carboxylic acid groups (broad SMARTS) is 1. The van der Waals surface area contributed by atoms with E-state index in [9.17, 15) is 4.79 Å². The fraction of sp³-hybridized carbons (Fsp3) is 0.300. The Morgan fingerprint density at radius 3 is 2.21 bits per heavy atom. The molecule has 1 aromatic carbocycles. The van der Waals surface area contributed by atoms with E-state index in [4.69, 9.17) is 15.3 Å². The van der Waals surface area contributed by atoms with Crippen LogP contribution < -0.4 is 0 Å². The number of aliphatic hydroxyl groups is 2. The molecule has 0 aliphatic rings. The van der Waals surface area contributed by atoms with Gasteiger partial charge in [-0.05, 0) is 5.56 Å². The maximum Gasteiger partial charge on any atom is 0.311 e. The van der Waals surface area contributed by atoms with Crippen LogP contribution in [-0.2, 0) is 4.79 Å². The van der Waals surface area contributed by atoms with E-state index in [1.165, 1.54) is 0 Å². The summed E-state index contributed by atoms with van der Waals surface area (Å²) in [6.07, 6.45) is -1.80. The summed E-state index contributed by atoms with van der Waals surface area (Å²) >= 11 is 0. The molecule has 4 nitrogen and oxygen atoms in total. The van der Waals surface area contributed by atoms with E-state index in [1.54, 1.807) is 30.3 Å². The number of hydrogen-bond donors (Lipinski definition) is 3. The fourth-order valence-corrected chi connectivity index (χ4v) is 1.28. The number of carbonyl (C=O) groups is 1. The minimum atomic E-state index is -1.60. The molecule has 1 aromatic rings. The first kappa shape index (κ1) is 10.7. The van der Waals surface area contributed by atoms with E-state index >= 15 is 0 Å². The van der Waals surface area contributed by atoms with Crippen molar-refractivity contribution in [3.05, 3.63) is 35.9 Å². The Hall–Kier alpha value is -1.39. The highest BCUT2D eigenvalue weighted by atomic mass is 16.5. The van der Waals surface area contributed by atoms with Crippen LogP contribution in [0.1, 0.15) is 17.9 Å². The molecule has 1 atom stereocenters. The van der Waals surface area contributed by atoms with Crippen LogP contribution in [0.2, 0.25) is 0 Å². The van der Waals surface area contributed by atoms with Crippen LogP contribution in [0, 0.1) is 0 Å². The van der Waals surface area contributed by atoms with E-state index in [2.05, 4.69) is 0 Å². The second-order valence-electron chi connectivity index (χ2n) is 3.02. The molecule has 0 saturated heterocycles. The summed E-state index contributed by atoms with van der Waals surface area (Å²) in [6.45, 7) is 0. The molecule has 0 aliphatic carbocycles. The van der Waals surface area contributed by atoms with Crippen LogP contribution in [0.25, 0.3) is 0 Å². The third-order valence-corrected chi connectivity index (χ3v) is 1.95. The Morgan fingerprint density at radius 1 is 1.21 bits per heavy atom. The van der Waals surface area contributed by atoms with Crippen molar-refractivity contribution in [2.45, 2.75) is 18.6 Å². The second-order valence-corrected chi connectivity index (χ2v) is 3.02. The summed E-state index contributed by atoms with van der Waals surface area (Å²) in [7, 11) is 0. The Morgan fingerprint density at radius 2 is 1.79 bits per heavy atom. The lowest BCUT2D eigenvalue weighted by Crippen LogP contribution is -2.18. The summed E-state index contributed by atoms with van der Waals surface area (Å²) in [5, 5.41) is 26.3. The summed E-state index contributed by atoms with van der Waals surface area (Å²) in [6, 6.07) is 8.52. The van der Waals surface area contributed by atoms with E-state index < -0.39 is 18.2 Å². The molecule has 0 bridgehead atoms. The van der Waals surface area contributed by atoms with E-state index in [-0.39, 0.29) is 6.42 Å². The van der Waals surface area contributed by atoms with Crippen molar-refractivity contribution in [1.29, 1.82) is 0 Å². The first-order valence-electron chi connectivity index (χ1n) is 4.25. The average Bonchev–Trinajstić information content (AvgIpc) is 2.15. The molecular formula is C10H12O4. The van der Waals surface area contributed by atoms with Crippen molar-refractivity contribution in [3.63, 3.8) is 0 Å². The minimum absolute atomic E-state index is 0.195. The smallest absolute Gasteiger partial charge is 0.311 e. The maximum absolute atomic E-state index is 10.8. The zero-order chi connectivity index (χ0) is 10.6. The highest BCUT2D eigenvalue weighted by molar-refractivity contribution is 5.76. The first-order valence-corrected chi connectivity index (χ1v) is 4.25. The lowest BCUT2D eigenvalue weighted by molar-refractivity contribution is -0.142. The molecule has 0 aromatic heterocycles. The summed E-state index contributed by atoms with van der Waals surface area (Å²) < 4.78 is 0.